The second-order valence-corrected chi connectivity index (χ2v) is 8.74. The molecule has 1 amide bonds. The summed E-state index contributed by atoms with van der Waals surface area (Å²) in [6.45, 7) is 8.06. The van der Waals surface area contributed by atoms with Gasteiger partial charge in [0.1, 0.15) is 17.9 Å². The second kappa shape index (κ2) is 8.05. The normalized spacial score (nSPS) is 18.1. The molecule has 4 rings (SSSR count). The first kappa shape index (κ1) is 19.1. The summed E-state index contributed by atoms with van der Waals surface area (Å²) < 4.78 is 4.19. The van der Waals surface area contributed by atoms with Gasteiger partial charge in [0.2, 0.25) is 5.91 Å². The summed E-state index contributed by atoms with van der Waals surface area (Å²) in [4.78, 5) is 27.5. The molecule has 3 aromatic rings. The minimum absolute atomic E-state index is 0.0459. The van der Waals surface area contributed by atoms with Crippen molar-refractivity contribution in [1.82, 2.24) is 24.4 Å². The number of hydrogen-bond acceptors (Lipinski definition) is 5. The fourth-order valence-electron chi connectivity index (χ4n) is 4.15. The zero-order valence-corrected chi connectivity index (χ0v) is 17.3. The van der Waals surface area contributed by atoms with Crippen LogP contribution in [0.3, 0.4) is 0 Å². The first-order valence-electron chi connectivity index (χ1n) is 9.98. The fourth-order valence-corrected chi connectivity index (χ4v) is 4.95. The van der Waals surface area contributed by atoms with E-state index in [9.17, 15) is 9.59 Å². The Morgan fingerprint density at radius 3 is 3.07 bits per heavy atom. The van der Waals surface area contributed by atoms with Crippen molar-refractivity contribution in [2.24, 2.45) is 5.92 Å². The van der Waals surface area contributed by atoms with E-state index < -0.39 is 0 Å². The number of rotatable bonds is 6. The van der Waals surface area contributed by atoms with Crippen LogP contribution in [0, 0.1) is 12.8 Å². The molecule has 4 heterocycles. The average molecular weight is 402 g/mol. The number of carbonyl (C=O) groups is 1. The van der Waals surface area contributed by atoms with Gasteiger partial charge in [-0.25, -0.2) is 4.68 Å². The summed E-state index contributed by atoms with van der Waals surface area (Å²) in [6, 6.07) is 3.87. The zero-order valence-electron chi connectivity index (χ0n) is 16.5. The SMILES string of the molecule is Cc1nn(CC(=O)NCCCN2CCCC(C)C2)c(=O)c2cc3sccc3n12. The highest BCUT2D eigenvalue weighted by Crippen LogP contribution is 2.24. The molecule has 3 aromatic heterocycles. The average Bonchev–Trinajstić information content (AvgIpc) is 3.24. The predicted molar refractivity (Wildman–Crippen MR) is 112 cm³/mol. The number of likely N-dealkylation sites (tertiary alicyclic amines) is 1. The van der Waals surface area contributed by atoms with Crippen LogP contribution in [0.4, 0.5) is 0 Å². The van der Waals surface area contributed by atoms with Gasteiger partial charge in [-0.2, -0.15) is 5.10 Å². The Morgan fingerprint density at radius 1 is 1.39 bits per heavy atom. The maximum Gasteiger partial charge on any atom is 0.291 e. The second-order valence-electron chi connectivity index (χ2n) is 7.80. The van der Waals surface area contributed by atoms with Gasteiger partial charge in [-0.15, -0.1) is 11.3 Å². The number of amides is 1. The molecule has 8 heteroatoms. The molecule has 28 heavy (non-hydrogen) atoms. The number of thiophene rings is 1. The molecule has 150 valence electrons. The van der Waals surface area contributed by atoms with Crippen LogP contribution in [-0.4, -0.2) is 51.2 Å². The Balaban J connectivity index is 1.36. The highest BCUT2D eigenvalue weighted by molar-refractivity contribution is 7.17. The van der Waals surface area contributed by atoms with Crippen molar-refractivity contribution in [2.45, 2.75) is 39.7 Å². The van der Waals surface area contributed by atoms with Crippen molar-refractivity contribution >= 4 is 33.0 Å². The van der Waals surface area contributed by atoms with Crippen LogP contribution in [0.25, 0.3) is 15.7 Å². The quantitative estimate of drug-likeness (QED) is 0.643. The largest absolute Gasteiger partial charge is 0.354 e. The minimum atomic E-state index is -0.230. The molecule has 1 saturated heterocycles. The van der Waals surface area contributed by atoms with Gasteiger partial charge in [0.25, 0.3) is 5.56 Å². The van der Waals surface area contributed by atoms with Crippen LogP contribution < -0.4 is 10.9 Å². The van der Waals surface area contributed by atoms with Crippen molar-refractivity contribution in [2.75, 3.05) is 26.2 Å². The smallest absolute Gasteiger partial charge is 0.291 e. The van der Waals surface area contributed by atoms with Gasteiger partial charge in [-0.1, -0.05) is 6.92 Å². The van der Waals surface area contributed by atoms with Crippen LogP contribution in [0.1, 0.15) is 32.0 Å². The van der Waals surface area contributed by atoms with Crippen LogP contribution in [-0.2, 0) is 11.3 Å². The third kappa shape index (κ3) is 3.84. The van der Waals surface area contributed by atoms with E-state index in [1.165, 1.54) is 17.5 Å². The van der Waals surface area contributed by atoms with Crippen molar-refractivity contribution in [3.63, 3.8) is 0 Å². The molecule has 0 aromatic carbocycles. The molecule has 0 bridgehead atoms. The van der Waals surface area contributed by atoms with E-state index in [2.05, 4.69) is 22.2 Å². The number of hydrogen-bond donors (Lipinski definition) is 1. The summed E-state index contributed by atoms with van der Waals surface area (Å²) >= 11 is 1.60. The lowest BCUT2D eigenvalue weighted by atomic mass is 10.0. The monoisotopic (exact) mass is 401 g/mol. The molecular weight excluding hydrogens is 374 g/mol. The highest BCUT2D eigenvalue weighted by atomic mass is 32.1. The maximum absolute atomic E-state index is 12.7. The van der Waals surface area contributed by atoms with E-state index >= 15 is 0 Å². The van der Waals surface area contributed by atoms with Gasteiger partial charge < -0.3 is 10.2 Å². The number of piperidine rings is 1. The van der Waals surface area contributed by atoms with Crippen LogP contribution in [0.15, 0.2) is 22.3 Å². The molecule has 0 radical (unpaired) electrons. The molecule has 1 fully saturated rings. The van der Waals surface area contributed by atoms with E-state index in [1.54, 1.807) is 11.3 Å². The molecular formula is C20H27N5O2S. The van der Waals surface area contributed by atoms with Crippen LogP contribution in [0.5, 0.6) is 0 Å². The molecule has 1 aliphatic heterocycles. The van der Waals surface area contributed by atoms with E-state index in [0.717, 1.165) is 42.2 Å². The lowest BCUT2D eigenvalue weighted by molar-refractivity contribution is -0.121. The molecule has 7 nitrogen and oxygen atoms in total. The van der Waals surface area contributed by atoms with E-state index in [4.69, 9.17) is 0 Å². The lowest BCUT2D eigenvalue weighted by Gasteiger charge is -2.30. The third-order valence-electron chi connectivity index (χ3n) is 5.47. The fraction of sp³-hybridized carbons (Fsp3) is 0.550. The summed E-state index contributed by atoms with van der Waals surface area (Å²) in [5, 5.41) is 9.28. The summed E-state index contributed by atoms with van der Waals surface area (Å²) in [5.74, 6) is 1.30. The van der Waals surface area contributed by atoms with Crippen LogP contribution in [0.2, 0.25) is 0 Å². The molecule has 0 spiro atoms. The Labute approximate surface area is 167 Å². The van der Waals surface area contributed by atoms with E-state index in [1.807, 2.05) is 28.8 Å². The van der Waals surface area contributed by atoms with Crippen LogP contribution >= 0.6 is 11.3 Å². The van der Waals surface area contributed by atoms with Gasteiger partial charge in [0.15, 0.2) is 0 Å². The third-order valence-corrected chi connectivity index (χ3v) is 6.33. The van der Waals surface area contributed by atoms with Gasteiger partial charge in [-0.05, 0) is 62.7 Å². The molecule has 1 atom stereocenters. The van der Waals surface area contributed by atoms with Gasteiger partial charge in [0.05, 0.1) is 10.2 Å². The summed E-state index contributed by atoms with van der Waals surface area (Å²) in [7, 11) is 0. The van der Waals surface area contributed by atoms with Crippen molar-refractivity contribution in [3.05, 3.63) is 33.7 Å². The molecule has 0 saturated carbocycles. The topological polar surface area (TPSA) is 71.6 Å². The van der Waals surface area contributed by atoms with Crippen molar-refractivity contribution in [3.8, 4) is 0 Å². The summed E-state index contributed by atoms with van der Waals surface area (Å²) in [5.41, 5.74) is 1.33. The van der Waals surface area contributed by atoms with Gasteiger partial charge >= 0.3 is 0 Å². The standard InChI is InChI=1S/C20H27N5O2S/c1-14-5-3-8-23(12-14)9-4-7-21-19(26)13-24-20(27)17-11-18-16(6-10-28-18)25(17)15(2)22-24/h6,10-11,14H,3-5,7-9,12-13H2,1-2H3,(H,21,26). The number of nitrogens with zero attached hydrogens (tertiary/aromatic N) is 4. The Kier molecular flexibility index (Phi) is 5.50. The number of aromatic nitrogens is 3. The van der Waals surface area contributed by atoms with Crippen molar-refractivity contribution < 1.29 is 4.79 Å². The molecule has 1 N–H and O–H groups in total. The Hall–Kier alpha value is -2.19. The number of fused-ring (bicyclic) bond motifs is 3. The Bertz CT molecular complexity index is 1050. The first-order chi connectivity index (χ1) is 13.5. The minimum Gasteiger partial charge on any atom is -0.354 e. The van der Waals surface area contributed by atoms with Gasteiger partial charge in [0, 0.05) is 13.1 Å². The summed E-state index contributed by atoms with van der Waals surface area (Å²) in [6.07, 6.45) is 3.51. The number of carbonyl (C=O) groups excluding carboxylic acids is 1. The molecule has 1 aliphatic rings. The maximum atomic E-state index is 12.7. The van der Waals surface area contributed by atoms with E-state index in [-0.39, 0.29) is 18.0 Å². The Morgan fingerprint density at radius 2 is 2.25 bits per heavy atom. The van der Waals surface area contributed by atoms with E-state index in [0.29, 0.717) is 17.9 Å². The zero-order chi connectivity index (χ0) is 19.7. The van der Waals surface area contributed by atoms with Crippen molar-refractivity contribution in [1.29, 1.82) is 0 Å². The van der Waals surface area contributed by atoms with Gasteiger partial charge in [-0.3, -0.25) is 14.0 Å². The number of aryl methyl sites for hydroxylation is 1. The number of nitrogens with one attached hydrogen (secondary N) is 1. The molecule has 1 unspecified atom stereocenters. The predicted octanol–water partition coefficient (Wildman–Crippen LogP) is 2.26. The molecule has 0 aliphatic carbocycles. The first-order valence-corrected chi connectivity index (χ1v) is 10.9. The lowest BCUT2D eigenvalue weighted by Crippen LogP contribution is -2.38. The highest BCUT2D eigenvalue weighted by Gasteiger charge is 2.16.